The Hall–Kier alpha value is -3.41. The minimum Gasteiger partial charge on any atom is -0.339 e. The van der Waals surface area contributed by atoms with Gasteiger partial charge < -0.3 is 10.2 Å². The molecule has 0 saturated carbocycles. The fourth-order valence-electron chi connectivity index (χ4n) is 3.26. The second kappa shape index (κ2) is 8.73. The Morgan fingerprint density at radius 3 is 2.38 bits per heavy atom. The third kappa shape index (κ3) is 4.90. The number of nitrogens with zero attached hydrogens (tertiary/aromatic N) is 3. The molecule has 2 amide bonds. The summed E-state index contributed by atoms with van der Waals surface area (Å²) in [5, 5.41) is 7.39. The highest BCUT2D eigenvalue weighted by atomic mass is 16.2. The standard InChI is InChI=1S/C23H26N4O2/c1-5-26(18(4)28)15-19-7-6-8-21(14-19)24-23(29)20-9-11-22(12-10-20)27-17(3)13-16(2)25-27/h6-14H,5,15H2,1-4H3,(H,24,29). The number of aromatic nitrogens is 2. The number of anilines is 1. The van der Waals surface area contributed by atoms with Crippen LogP contribution >= 0.6 is 0 Å². The molecule has 6 heteroatoms. The summed E-state index contributed by atoms with van der Waals surface area (Å²) < 4.78 is 1.86. The van der Waals surface area contributed by atoms with Crippen LogP contribution in [0.25, 0.3) is 5.69 Å². The van der Waals surface area contributed by atoms with Crippen LogP contribution in [0.1, 0.15) is 41.2 Å². The van der Waals surface area contributed by atoms with Gasteiger partial charge in [-0.1, -0.05) is 12.1 Å². The van der Waals surface area contributed by atoms with E-state index in [4.69, 9.17) is 0 Å². The lowest BCUT2D eigenvalue weighted by Crippen LogP contribution is -2.27. The van der Waals surface area contributed by atoms with Crippen molar-refractivity contribution >= 4 is 17.5 Å². The number of aryl methyl sites for hydroxylation is 2. The van der Waals surface area contributed by atoms with E-state index in [9.17, 15) is 9.59 Å². The Morgan fingerprint density at radius 1 is 1.07 bits per heavy atom. The first-order valence-electron chi connectivity index (χ1n) is 9.67. The van der Waals surface area contributed by atoms with E-state index in [-0.39, 0.29) is 11.8 Å². The summed E-state index contributed by atoms with van der Waals surface area (Å²) >= 11 is 0. The number of amides is 2. The second-order valence-corrected chi connectivity index (χ2v) is 7.07. The van der Waals surface area contributed by atoms with Crippen molar-refractivity contribution in [3.8, 4) is 5.69 Å². The summed E-state index contributed by atoms with van der Waals surface area (Å²) in [6.45, 7) is 8.63. The van der Waals surface area contributed by atoms with Gasteiger partial charge >= 0.3 is 0 Å². The molecule has 6 nitrogen and oxygen atoms in total. The maximum atomic E-state index is 12.6. The monoisotopic (exact) mass is 390 g/mol. The van der Waals surface area contributed by atoms with Crippen LogP contribution in [0.15, 0.2) is 54.6 Å². The van der Waals surface area contributed by atoms with Gasteiger partial charge in [-0.3, -0.25) is 9.59 Å². The molecule has 1 heterocycles. The van der Waals surface area contributed by atoms with Gasteiger partial charge in [0.2, 0.25) is 5.91 Å². The zero-order valence-corrected chi connectivity index (χ0v) is 17.3. The van der Waals surface area contributed by atoms with Gasteiger partial charge in [-0.05, 0) is 68.8 Å². The van der Waals surface area contributed by atoms with Gasteiger partial charge in [0, 0.05) is 37.0 Å². The van der Waals surface area contributed by atoms with Crippen molar-refractivity contribution in [3.05, 3.63) is 77.1 Å². The van der Waals surface area contributed by atoms with E-state index < -0.39 is 0 Å². The predicted molar refractivity (Wildman–Crippen MR) is 114 cm³/mol. The highest BCUT2D eigenvalue weighted by Crippen LogP contribution is 2.16. The van der Waals surface area contributed by atoms with Crippen LogP contribution in [0.2, 0.25) is 0 Å². The number of benzene rings is 2. The average molecular weight is 390 g/mol. The zero-order chi connectivity index (χ0) is 21.0. The molecule has 150 valence electrons. The van der Waals surface area contributed by atoms with Gasteiger partial charge in [0.1, 0.15) is 0 Å². The first-order chi connectivity index (χ1) is 13.9. The highest BCUT2D eigenvalue weighted by Gasteiger charge is 2.10. The van der Waals surface area contributed by atoms with Gasteiger partial charge in [-0.2, -0.15) is 5.10 Å². The predicted octanol–water partition coefficient (Wildman–Crippen LogP) is 4.11. The molecule has 0 aliphatic rings. The van der Waals surface area contributed by atoms with Crippen molar-refractivity contribution in [1.29, 1.82) is 0 Å². The molecule has 0 atom stereocenters. The molecule has 29 heavy (non-hydrogen) atoms. The van der Waals surface area contributed by atoms with Crippen LogP contribution in [-0.2, 0) is 11.3 Å². The number of carbonyl (C=O) groups is 2. The minimum atomic E-state index is -0.180. The molecule has 0 spiro atoms. The fraction of sp³-hybridized carbons (Fsp3) is 0.261. The third-order valence-corrected chi connectivity index (χ3v) is 4.77. The molecule has 0 aliphatic heterocycles. The van der Waals surface area contributed by atoms with Crippen LogP contribution in [0.3, 0.4) is 0 Å². The first-order valence-corrected chi connectivity index (χ1v) is 9.67. The van der Waals surface area contributed by atoms with Crippen LogP contribution in [-0.4, -0.2) is 33.0 Å². The quantitative estimate of drug-likeness (QED) is 0.689. The fourth-order valence-corrected chi connectivity index (χ4v) is 3.26. The van der Waals surface area contributed by atoms with E-state index in [1.165, 1.54) is 0 Å². The number of rotatable bonds is 6. The van der Waals surface area contributed by atoms with Gasteiger partial charge in [-0.25, -0.2) is 4.68 Å². The topological polar surface area (TPSA) is 67.2 Å². The van der Waals surface area contributed by atoms with Crippen molar-refractivity contribution in [1.82, 2.24) is 14.7 Å². The normalized spacial score (nSPS) is 10.6. The van der Waals surface area contributed by atoms with E-state index in [1.807, 2.05) is 67.9 Å². The van der Waals surface area contributed by atoms with Crippen molar-refractivity contribution in [2.75, 3.05) is 11.9 Å². The van der Waals surface area contributed by atoms with Crippen molar-refractivity contribution in [2.45, 2.75) is 34.2 Å². The van der Waals surface area contributed by atoms with Crippen LogP contribution in [0.4, 0.5) is 5.69 Å². The van der Waals surface area contributed by atoms with Gasteiger partial charge in [0.25, 0.3) is 5.91 Å². The molecule has 1 aromatic heterocycles. The van der Waals surface area contributed by atoms with Crippen molar-refractivity contribution in [2.24, 2.45) is 0 Å². The molecule has 2 aromatic carbocycles. The number of carbonyl (C=O) groups excluding carboxylic acids is 2. The lowest BCUT2D eigenvalue weighted by atomic mass is 10.1. The van der Waals surface area contributed by atoms with Crippen LogP contribution in [0, 0.1) is 13.8 Å². The molecule has 0 radical (unpaired) electrons. The van der Waals surface area contributed by atoms with E-state index in [0.717, 1.165) is 22.6 Å². The van der Waals surface area contributed by atoms with Gasteiger partial charge in [0.15, 0.2) is 0 Å². The molecule has 1 N–H and O–H groups in total. The number of hydrogen-bond donors (Lipinski definition) is 1. The largest absolute Gasteiger partial charge is 0.339 e. The van der Waals surface area contributed by atoms with Gasteiger partial charge in [-0.15, -0.1) is 0 Å². The minimum absolute atomic E-state index is 0.0321. The Labute approximate surface area is 171 Å². The summed E-state index contributed by atoms with van der Waals surface area (Å²) in [4.78, 5) is 26.0. The Kier molecular flexibility index (Phi) is 6.12. The van der Waals surface area contributed by atoms with E-state index in [2.05, 4.69) is 10.4 Å². The van der Waals surface area contributed by atoms with Crippen LogP contribution in [0.5, 0.6) is 0 Å². The summed E-state index contributed by atoms with van der Waals surface area (Å²) in [5.74, 6) is -0.148. The Balaban J connectivity index is 1.71. The summed E-state index contributed by atoms with van der Waals surface area (Å²) in [5.41, 5.74) is 5.16. The zero-order valence-electron chi connectivity index (χ0n) is 17.3. The van der Waals surface area contributed by atoms with Crippen molar-refractivity contribution in [3.63, 3.8) is 0 Å². The summed E-state index contributed by atoms with van der Waals surface area (Å²) in [7, 11) is 0. The van der Waals surface area contributed by atoms with E-state index in [0.29, 0.717) is 24.3 Å². The Morgan fingerprint density at radius 2 is 1.79 bits per heavy atom. The average Bonchev–Trinajstić information content (AvgIpc) is 3.04. The maximum absolute atomic E-state index is 12.6. The maximum Gasteiger partial charge on any atom is 0.255 e. The molecule has 3 aromatic rings. The summed E-state index contributed by atoms with van der Waals surface area (Å²) in [6, 6.07) is 16.9. The van der Waals surface area contributed by atoms with Gasteiger partial charge in [0.05, 0.1) is 11.4 Å². The summed E-state index contributed by atoms with van der Waals surface area (Å²) in [6.07, 6.45) is 0. The van der Waals surface area contributed by atoms with Crippen molar-refractivity contribution < 1.29 is 9.59 Å². The first kappa shape index (κ1) is 20.3. The van der Waals surface area contributed by atoms with E-state index in [1.54, 1.807) is 24.0 Å². The van der Waals surface area contributed by atoms with Crippen LogP contribution < -0.4 is 5.32 Å². The third-order valence-electron chi connectivity index (χ3n) is 4.77. The number of nitrogens with one attached hydrogen (secondary N) is 1. The molecule has 0 unspecified atom stereocenters. The second-order valence-electron chi connectivity index (χ2n) is 7.07. The van der Waals surface area contributed by atoms with E-state index >= 15 is 0 Å². The lowest BCUT2D eigenvalue weighted by molar-refractivity contribution is -0.129. The molecule has 0 fully saturated rings. The molecular formula is C23H26N4O2. The smallest absolute Gasteiger partial charge is 0.255 e. The number of hydrogen-bond acceptors (Lipinski definition) is 3. The lowest BCUT2D eigenvalue weighted by Gasteiger charge is -2.19. The SMILES string of the molecule is CCN(Cc1cccc(NC(=O)c2ccc(-n3nc(C)cc3C)cc2)c1)C(C)=O. The molecule has 3 rings (SSSR count). The Bertz CT molecular complexity index is 1020. The molecule has 0 bridgehead atoms. The molecule has 0 saturated heterocycles. The molecular weight excluding hydrogens is 364 g/mol. The molecule has 0 aliphatic carbocycles. The highest BCUT2D eigenvalue weighted by molar-refractivity contribution is 6.04.